The van der Waals surface area contributed by atoms with E-state index >= 15 is 0 Å². The summed E-state index contributed by atoms with van der Waals surface area (Å²) in [6.07, 6.45) is 2.28. The molecule has 5 nitrogen and oxygen atoms in total. The van der Waals surface area contributed by atoms with Gasteiger partial charge in [-0.2, -0.15) is 0 Å². The van der Waals surface area contributed by atoms with Crippen molar-refractivity contribution in [3.05, 3.63) is 55.4 Å². The zero-order valence-corrected chi connectivity index (χ0v) is 14.6. The van der Waals surface area contributed by atoms with Crippen molar-refractivity contribution in [1.82, 2.24) is 19.9 Å². The van der Waals surface area contributed by atoms with Gasteiger partial charge < -0.3 is 4.98 Å². The Kier molecular flexibility index (Phi) is 4.71. The standard InChI is InChI=1S/C16H18Cl2N4O/c1-9(2)15-20-13-3-4-22(8-12(13)16(23)21-15)7-10-5-11(17)6-19-14(10)18/h5-6,9H,3-4,7-8H2,1-2H3,(H,20,21,23). The van der Waals surface area contributed by atoms with Crippen molar-refractivity contribution >= 4 is 23.2 Å². The third-order valence-corrected chi connectivity index (χ3v) is 4.53. The lowest BCUT2D eigenvalue weighted by Crippen LogP contribution is -2.36. The molecule has 0 unspecified atom stereocenters. The van der Waals surface area contributed by atoms with Gasteiger partial charge in [0.05, 0.1) is 16.3 Å². The monoisotopic (exact) mass is 352 g/mol. The van der Waals surface area contributed by atoms with Crippen LogP contribution < -0.4 is 5.56 Å². The topological polar surface area (TPSA) is 61.9 Å². The maximum Gasteiger partial charge on any atom is 0.255 e. The molecule has 0 spiro atoms. The Bertz CT molecular complexity index is 788. The van der Waals surface area contributed by atoms with Crippen LogP contribution in [0.3, 0.4) is 0 Å². The lowest BCUT2D eigenvalue weighted by molar-refractivity contribution is 0.241. The van der Waals surface area contributed by atoms with E-state index in [0.717, 1.165) is 35.6 Å². The molecule has 2 aromatic heterocycles. The van der Waals surface area contributed by atoms with Crippen LogP contribution in [0.5, 0.6) is 0 Å². The molecule has 1 aliphatic rings. The minimum atomic E-state index is -0.0429. The van der Waals surface area contributed by atoms with E-state index < -0.39 is 0 Å². The number of hydrogen-bond donors (Lipinski definition) is 1. The van der Waals surface area contributed by atoms with Gasteiger partial charge in [0, 0.05) is 43.7 Å². The summed E-state index contributed by atoms with van der Waals surface area (Å²) in [6.45, 7) is 6.03. The number of aromatic nitrogens is 3. The molecule has 0 atom stereocenters. The van der Waals surface area contributed by atoms with Crippen molar-refractivity contribution in [2.24, 2.45) is 0 Å². The van der Waals surface area contributed by atoms with Crippen molar-refractivity contribution in [1.29, 1.82) is 0 Å². The minimum Gasteiger partial charge on any atom is -0.310 e. The van der Waals surface area contributed by atoms with Crippen LogP contribution in [-0.4, -0.2) is 26.4 Å². The summed E-state index contributed by atoms with van der Waals surface area (Å²) in [7, 11) is 0. The van der Waals surface area contributed by atoms with Crippen LogP contribution in [0.2, 0.25) is 10.2 Å². The maximum absolute atomic E-state index is 12.3. The molecule has 0 bridgehead atoms. The number of pyridine rings is 1. The Hall–Kier alpha value is -1.43. The second-order valence-corrected chi connectivity index (χ2v) is 6.89. The van der Waals surface area contributed by atoms with Gasteiger partial charge in [-0.1, -0.05) is 37.0 Å². The highest BCUT2D eigenvalue weighted by molar-refractivity contribution is 6.32. The van der Waals surface area contributed by atoms with Crippen LogP contribution in [0, 0.1) is 0 Å². The first kappa shape index (κ1) is 16.4. The second-order valence-electron chi connectivity index (χ2n) is 6.10. The number of H-pyrrole nitrogens is 1. The molecule has 0 saturated heterocycles. The molecule has 3 heterocycles. The molecule has 3 rings (SSSR count). The highest BCUT2D eigenvalue weighted by atomic mass is 35.5. The Morgan fingerprint density at radius 1 is 1.39 bits per heavy atom. The molecule has 122 valence electrons. The molecule has 1 N–H and O–H groups in total. The van der Waals surface area contributed by atoms with Gasteiger partial charge in [-0.3, -0.25) is 9.69 Å². The molecule has 0 fully saturated rings. The fourth-order valence-electron chi connectivity index (χ4n) is 2.72. The number of rotatable bonds is 3. The summed E-state index contributed by atoms with van der Waals surface area (Å²) >= 11 is 12.1. The zero-order valence-electron chi connectivity index (χ0n) is 13.1. The molecule has 0 radical (unpaired) electrons. The number of aromatic amines is 1. The van der Waals surface area contributed by atoms with Crippen molar-refractivity contribution in [3.63, 3.8) is 0 Å². The highest BCUT2D eigenvalue weighted by Gasteiger charge is 2.22. The van der Waals surface area contributed by atoms with Crippen LogP contribution in [0.1, 0.15) is 42.4 Å². The molecule has 2 aromatic rings. The molecule has 1 aliphatic heterocycles. The quantitative estimate of drug-likeness (QED) is 0.861. The van der Waals surface area contributed by atoms with E-state index in [-0.39, 0.29) is 11.5 Å². The van der Waals surface area contributed by atoms with E-state index in [1.54, 1.807) is 0 Å². The Morgan fingerprint density at radius 2 is 2.17 bits per heavy atom. The predicted octanol–water partition coefficient (Wildman–Crippen LogP) is 3.15. The van der Waals surface area contributed by atoms with E-state index in [0.29, 0.717) is 23.3 Å². The van der Waals surface area contributed by atoms with E-state index in [1.165, 1.54) is 6.20 Å². The maximum atomic E-state index is 12.3. The molecular weight excluding hydrogens is 335 g/mol. The lowest BCUT2D eigenvalue weighted by Gasteiger charge is -2.28. The molecule has 0 saturated carbocycles. The van der Waals surface area contributed by atoms with Gasteiger partial charge in [0.2, 0.25) is 0 Å². The highest BCUT2D eigenvalue weighted by Crippen LogP contribution is 2.22. The Morgan fingerprint density at radius 3 is 2.91 bits per heavy atom. The zero-order chi connectivity index (χ0) is 16.6. The van der Waals surface area contributed by atoms with E-state index in [4.69, 9.17) is 23.2 Å². The number of halogens is 2. The minimum absolute atomic E-state index is 0.0429. The van der Waals surface area contributed by atoms with Crippen LogP contribution in [0.15, 0.2) is 17.1 Å². The summed E-state index contributed by atoms with van der Waals surface area (Å²) in [5.41, 5.74) is 2.47. The number of fused-ring (bicyclic) bond motifs is 1. The Balaban J connectivity index is 1.83. The van der Waals surface area contributed by atoms with Crippen LogP contribution >= 0.6 is 23.2 Å². The number of hydrogen-bond acceptors (Lipinski definition) is 4. The second kappa shape index (κ2) is 6.59. The molecule has 0 aromatic carbocycles. The predicted molar refractivity (Wildman–Crippen MR) is 91.0 cm³/mol. The van der Waals surface area contributed by atoms with Crippen molar-refractivity contribution < 1.29 is 0 Å². The van der Waals surface area contributed by atoms with Crippen LogP contribution in [0.25, 0.3) is 0 Å². The molecule has 23 heavy (non-hydrogen) atoms. The van der Waals surface area contributed by atoms with Gasteiger partial charge in [-0.25, -0.2) is 9.97 Å². The molecular formula is C16H18Cl2N4O. The van der Waals surface area contributed by atoms with E-state index in [9.17, 15) is 4.79 Å². The lowest BCUT2D eigenvalue weighted by atomic mass is 10.1. The average Bonchev–Trinajstić information content (AvgIpc) is 2.51. The van der Waals surface area contributed by atoms with Crippen LogP contribution in [-0.2, 0) is 19.5 Å². The molecule has 0 aliphatic carbocycles. The normalized spacial score (nSPS) is 15.0. The third-order valence-electron chi connectivity index (χ3n) is 3.99. The van der Waals surface area contributed by atoms with Gasteiger partial charge in [0.25, 0.3) is 5.56 Å². The first-order valence-corrected chi connectivity index (χ1v) is 8.34. The van der Waals surface area contributed by atoms with Gasteiger partial charge in [-0.15, -0.1) is 0 Å². The number of nitrogens with one attached hydrogen (secondary N) is 1. The summed E-state index contributed by atoms with van der Waals surface area (Å²) in [5.74, 6) is 0.964. The first-order valence-electron chi connectivity index (χ1n) is 7.58. The largest absolute Gasteiger partial charge is 0.310 e. The van der Waals surface area contributed by atoms with Gasteiger partial charge >= 0.3 is 0 Å². The Labute approximate surface area is 144 Å². The average molecular weight is 353 g/mol. The summed E-state index contributed by atoms with van der Waals surface area (Å²) in [4.78, 5) is 26.0. The van der Waals surface area contributed by atoms with Crippen molar-refractivity contribution in [3.8, 4) is 0 Å². The molecule has 7 heteroatoms. The van der Waals surface area contributed by atoms with Crippen molar-refractivity contribution in [2.45, 2.75) is 39.3 Å². The summed E-state index contributed by atoms with van der Waals surface area (Å²) in [5, 5.41) is 1.00. The fraction of sp³-hybridized carbons (Fsp3) is 0.438. The third kappa shape index (κ3) is 3.57. The smallest absolute Gasteiger partial charge is 0.255 e. The van der Waals surface area contributed by atoms with Crippen molar-refractivity contribution in [2.75, 3.05) is 6.54 Å². The molecule has 0 amide bonds. The first-order chi connectivity index (χ1) is 10.9. The SMILES string of the molecule is CC(C)c1nc2c(c(=O)[nH]1)CN(Cc1cc(Cl)cnc1Cl)CC2. The summed E-state index contributed by atoms with van der Waals surface area (Å²) < 4.78 is 0. The number of nitrogens with zero attached hydrogens (tertiary/aromatic N) is 3. The summed E-state index contributed by atoms with van der Waals surface area (Å²) in [6, 6.07) is 1.82. The van der Waals surface area contributed by atoms with E-state index in [1.807, 2.05) is 19.9 Å². The van der Waals surface area contributed by atoms with Gasteiger partial charge in [0.1, 0.15) is 11.0 Å². The fourth-order valence-corrected chi connectivity index (χ4v) is 3.07. The van der Waals surface area contributed by atoms with Crippen LogP contribution in [0.4, 0.5) is 0 Å². The van der Waals surface area contributed by atoms with Gasteiger partial charge in [-0.05, 0) is 6.07 Å². The van der Waals surface area contributed by atoms with Gasteiger partial charge in [0.15, 0.2) is 0 Å². The van der Waals surface area contributed by atoms with E-state index in [2.05, 4.69) is 19.9 Å².